The predicted octanol–water partition coefficient (Wildman–Crippen LogP) is 3.75. The molecule has 104 valence electrons. The summed E-state index contributed by atoms with van der Waals surface area (Å²) in [5.41, 5.74) is 8.51. The highest BCUT2D eigenvalue weighted by atomic mass is 19.1. The molecule has 1 atom stereocenters. The third-order valence-electron chi connectivity index (χ3n) is 3.91. The van der Waals surface area contributed by atoms with Gasteiger partial charge >= 0.3 is 0 Å². The Hall–Kier alpha value is -1.87. The van der Waals surface area contributed by atoms with E-state index in [4.69, 9.17) is 5.73 Å². The van der Waals surface area contributed by atoms with Gasteiger partial charge in [-0.05, 0) is 48.7 Å². The first kappa shape index (κ1) is 13.1. The van der Waals surface area contributed by atoms with Gasteiger partial charge in [0.25, 0.3) is 0 Å². The Labute approximate surface area is 119 Å². The average molecular weight is 270 g/mol. The summed E-state index contributed by atoms with van der Waals surface area (Å²) >= 11 is 0. The van der Waals surface area contributed by atoms with Crippen molar-refractivity contribution in [3.8, 4) is 0 Å². The number of anilines is 1. The van der Waals surface area contributed by atoms with E-state index >= 15 is 0 Å². The summed E-state index contributed by atoms with van der Waals surface area (Å²) in [6.45, 7) is 1.80. The molecule has 0 aliphatic carbocycles. The normalized spacial score (nSPS) is 19.4. The zero-order valence-electron chi connectivity index (χ0n) is 11.4. The highest BCUT2D eigenvalue weighted by Crippen LogP contribution is 2.33. The van der Waals surface area contributed by atoms with Crippen LogP contribution in [-0.2, 0) is 6.54 Å². The van der Waals surface area contributed by atoms with Gasteiger partial charge in [-0.1, -0.05) is 30.3 Å². The third-order valence-corrected chi connectivity index (χ3v) is 3.91. The molecule has 2 aromatic rings. The number of likely N-dealkylation sites (tertiary alicyclic amines) is 1. The van der Waals surface area contributed by atoms with Crippen LogP contribution in [0.15, 0.2) is 48.5 Å². The van der Waals surface area contributed by atoms with Gasteiger partial charge in [0.05, 0.1) is 0 Å². The minimum Gasteiger partial charge on any atom is -0.399 e. The van der Waals surface area contributed by atoms with E-state index in [1.54, 1.807) is 6.07 Å². The number of hydrogen-bond donors (Lipinski definition) is 1. The number of benzene rings is 2. The van der Waals surface area contributed by atoms with Gasteiger partial charge in [0.2, 0.25) is 0 Å². The molecule has 2 N–H and O–H groups in total. The summed E-state index contributed by atoms with van der Waals surface area (Å²) in [5, 5.41) is 0. The molecule has 0 aromatic heterocycles. The molecule has 3 rings (SSSR count). The van der Waals surface area contributed by atoms with Gasteiger partial charge in [0, 0.05) is 18.3 Å². The van der Waals surface area contributed by atoms with Crippen molar-refractivity contribution in [1.82, 2.24) is 4.90 Å². The molecule has 1 unspecified atom stereocenters. The Kier molecular flexibility index (Phi) is 3.70. The molecule has 1 aliphatic rings. The van der Waals surface area contributed by atoms with Gasteiger partial charge in [-0.2, -0.15) is 0 Å². The standard InChI is InChI=1S/C17H19FN2/c18-15-9-13(10-16(19)11-15)12-20-8-4-7-17(20)14-5-2-1-3-6-14/h1-3,5-6,9-11,17H,4,7-8,12,19H2. The number of rotatable bonds is 3. The number of nitrogen functional groups attached to an aromatic ring is 1. The molecule has 1 fully saturated rings. The van der Waals surface area contributed by atoms with Crippen molar-refractivity contribution in [3.63, 3.8) is 0 Å². The zero-order chi connectivity index (χ0) is 13.9. The Morgan fingerprint density at radius 3 is 2.70 bits per heavy atom. The fraction of sp³-hybridized carbons (Fsp3) is 0.294. The van der Waals surface area contributed by atoms with Crippen molar-refractivity contribution in [2.24, 2.45) is 0 Å². The average Bonchev–Trinajstić information content (AvgIpc) is 2.86. The van der Waals surface area contributed by atoms with Gasteiger partial charge < -0.3 is 5.73 Å². The second-order valence-electron chi connectivity index (χ2n) is 5.43. The Morgan fingerprint density at radius 1 is 1.15 bits per heavy atom. The van der Waals surface area contributed by atoms with Crippen LogP contribution >= 0.6 is 0 Å². The lowest BCUT2D eigenvalue weighted by atomic mass is 10.0. The highest BCUT2D eigenvalue weighted by Gasteiger charge is 2.25. The minimum atomic E-state index is -0.254. The van der Waals surface area contributed by atoms with E-state index in [1.165, 1.54) is 18.1 Å². The van der Waals surface area contributed by atoms with Gasteiger partial charge in [0.15, 0.2) is 0 Å². The van der Waals surface area contributed by atoms with E-state index in [-0.39, 0.29) is 5.82 Å². The third kappa shape index (κ3) is 2.83. The van der Waals surface area contributed by atoms with Crippen molar-refractivity contribution < 1.29 is 4.39 Å². The number of hydrogen-bond acceptors (Lipinski definition) is 2. The van der Waals surface area contributed by atoms with E-state index < -0.39 is 0 Å². The van der Waals surface area contributed by atoms with Crippen LogP contribution in [0.3, 0.4) is 0 Å². The van der Waals surface area contributed by atoms with Crippen molar-refractivity contribution in [2.75, 3.05) is 12.3 Å². The maximum atomic E-state index is 13.4. The first-order valence-electron chi connectivity index (χ1n) is 7.06. The first-order chi connectivity index (χ1) is 9.72. The SMILES string of the molecule is Nc1cc(F)cc(CN2CCCC2c2ccccc2)c1. The number of halogens is 1. The van der Waals surface area contributed by atoms with E-state index in [0.717, 1.165) is 25.1 Å². The Morgan fingerprint density at radius 2 is 1.95 bits per heavy atom. The maximum Gasteiger partial charge on any atom is 0.125 e. The monoisotopic (exact) mass is 270 g/mol. The topological polar surface area (TPSA) is 29.3 Å². The lowest BCUT2D eigenvalue weighted by Crippen LogP contribution is -2.22. The van der Waals surface area contributed by atoms with Gasteiger partial charge in [-0.3, -0.25) is 4.90 Å². The fourth-order valence-corrected chi connectivity index (χ4v) is 3.07. The summed E-state index contributed by atoms with van der Waals surface area (Å²) in [5.74, 6) is -0.254. The van der Waals surface area contributed by atoms with Crippen LogP contribution in [0.25, 0.3) is 0 Å². The van der Waals surface area contributed by atoms with Crippen LogP contribution in [0.5, 0.6) is 0 Å². The minimum absolute atomic E-state index is 0.254. The quantitative estimate of drug-likeness (QED) is 0.861. The number of nitrogens with zero attached hydrogens (tertiary/aromatic N) is 1. The molecule has 0 amide bonds. The molecule has 1 heterocycles. The van der Waals surface area contributed by atoms with Crippen molar-refractivity contribution in [2.45, 2.75) is 25.4 Å². The molecule has 0 bridgehead atoms. The lowest BCUT2D eigenvalue weighted by molar-refractivity contribution is 0.248. The van der Waals surface area contributed by atoms with E-state index in [0.29, 0.717) is 11.7 Å². The zero-order valence-corrected chi connectivity index (χ0v) is 11.4. The number of nitrogens with two attached hydrogens (primary N) is 1. The van der Waals surface area contributed by atoms with E-state index in [9.17, 15) is 4.39 Å². The maximum absolute atomic E-state index is 13.4. The van der Waals surface area contributed by atoms with Gasteiger partial charge in [-0.25, -0.2) is 4.39 Å². The summed E-state index contributed by atoms with van der Waals surface area (Å²) in [6, 6.07) is 15.8. The van der Waals surface area contributed by atoms with Crippen molar-refractivity contribution in [1.29, 1.82) is 0 Å². The molecule has 2 aromatic carbocycles. The fourth-order valence-electron chi connectivity index (χ4n) is 3.07. The second kappa shape index (κ2) is 5.63. The molecule has 0 radical (unpaired) electrons. The largest absolute Gasteiger partial charge is 0.399 e. The summed E-state index contributed by atoms with van der Waals surface area (Å²) in [6.07, 6.45) is 2.35. The summed E-state index contributed by atoms with van der Waals surface area (Å²) in [7, 11) is 0. The van der Waals surface area contributed by atoms with E-state index in [2.05, 4.69) is 29.2 Å². The summed E-state index contributed by atoms with van der Waals surface area (Å²) in [4.78, 5) is 2.41. The molecule has 0 saturated carbocycles. The molecule has 20 heavy (non-hydrogen) atoms. The molecule has 2 nitrogen and oxygen atoms in total. The van der Waals surface area contributed by atoms with Gasteiger partial charge in [-0.15, -0.1) is 0 Å². The smallest absolute Gasteiger partial charge is 0.125 e. The van der Waals surface area contributed by atoms with Crippen LogP contribution in [0.2, 0.25) is 0 Å². The predicted molar refractivity (Wildman–Crippen MR) is 79.6 cm³/mol. The summed E-state index contributed by atoms with van der Waals surface area (Å²) < 4.78 is 13.4. The molecule has 0 spiro atoms. The van der Waals surface area contributed by atoms with E-state index in [1.807, 2.05) is 12.1 Å². The Bertz CT molecular complexity index is 563. The van der Waals surface area contributed by atoms with Gasteiger partial charge in [0.1, 0.15) is 5.82 Å². The molecule has 1 saturated heterocycles. The first-order valence-corrected chi connectivity index (χ1v) is 7.06. The van der Waals surface area contributed by atoms with Crippen LogP contribution < -0.4 is 5.73 Å². The van der Waals surface area contributed by atoms with Crippen LogP contribution in [0, 0.1) is 5.82 Å². The van der Waals surface area contributed by atoms with Crippen LogP contribution in [-0.4, -0.2) is 11.4 Å². The van der Waals surface area contributed by atoms with Crippen LogP contribution in [0.1, 0.15) is 30.0 Å². The molecular weight excluding hydrogens is 251 g/mol. The molecule has 1 aliphatic heterocycles. The lowest BCUT2D eigenvalue weighted by Gasteiger charge is -2.25. The van der Waals surface area contributed by atoms with Crippen molar-refractivity contribution >= 4 is 5.69 Å². The highest BCUT2D eigenvalue weighted by molar-refractivity contribution is 5.41. The van der Waals surface area contributed by atoms with Crippen molar-refractivity contribution in [3.05, 3.63) is 65.5 Å². The molecule has 3 heteroatoms. The molecular formula is C17H19FN2. The Balaban J connectivity index is 1.79. The van der Waals surface area contributed by atoms with Crippen LogP contribution in [0.4, 0.5) is 10.1 Å². The second-order valence-corrected chi connectivity index (χ2v) is 5.43.